The standard InChI is InChI=1S/C16H21O2.2ClH.Ti/c1-13-9-7-8-12-16(13,18-15(2,3)4)17-14-10-5-6-11-14;;;/h5,7-10H,6,12H2,1-4H3;2*1H;/q;;;+2/p-2. The van der Waals surface area contributed by atoms with Crippen LogP contribution in [0.3, 0.4) is 0 Å². The molecule has 115 valence electrons. The molecule has 0 aromatic rings. The third kappa shape index (κ3) is 5.30. The van der Waals surface area contributed by atoms with E-state index in [1.165, 1.54) is 3.88 Å². The van der Waals surface area contributed by atoms with Gasteiger partial charge in [0.05, 0.1) is 0 Å². The first-order valence-corrected chi connectivity index (χ1v) is 7.45. The molecule has 1 atom stereocenters. The molecular formula is C16H21Cl2O2Ti. The predicted octanol–water partition coefficient (Wildman–Crippen LogP) is -1.85. The van der Waals surface area contributed by atoms with E-state index in [1.54, 1.807) is 0 Å². The minimum absolute atomic E-state index is 0. The summed E-state index contributed by atoms with van der Waals surface area (Å²) in [7, 11) is 0. The van der Waals surface area contributed by atoms with E-state index in [2.05, 4.69) is 78.5 Å². The summed E-state index contributed by atoms with van der Waals surface area (Å²) >= 11 is 2.11. The van der Waals surface area contributed by atoms with Gasteiger partial charge in [-0.25, -0.2) is 0 Å². The first-order valence-electron chi connectivity index (χ1n) is 6.67. The van der Waals surface area contributed by atoms with Gasteiger partial charge in [-0.15, -0.1) is 0 Å². The summed E-state index contributed by atoms with van der Waals surface area (Å²) in [6, 6.07) is 0. The fourth-order valence-electron chi connectivity index (χ4n) is 2.24. The molecule has 2 aliphatic carbocycles. The quantitative estimate of drug-likeness (QED) is 0.433. The number of halogens is 2. The summed E-state index contributed by atoms with van der Waals surface area (Å²) in [4.78, 5) is 0. The zero-order valence-electron chi connectivity index (χ0n) is 12.9. The largest absolute Gasteiger partial charge is 1.00 e. The first-order chi connectivity index (χ1) is 8.82. The number of hydrogen-bond donors (Lipinski definition) is 0. The maximum atomic E-state index is 6.29. The van der Waals surface area contributed by atoms with E-state index in [0.29, 0.717) is 0 Å². The predicted molar refractivity (Wildman–Crippen MR) is 73.0 cm³/mol. The van der Waals surface area contributed by atoms with Crippen molar-refractivity contribution in [1.29, 1.82) is 0 Å². The van der Waals surface area contributed by atoms with E-state index < -0.39 is 5.79 Å². The van der Waals surface area contributed by atoms with Gasteiger partial charge in [0.2, 0.25) is 0 Å². The number of ether oxygens (including phenoxy) is 2. The molecule has 0 saturated heterocycles. The van der Waals surface area contributed by atoms with Crippen molar-refractivity contribution in [3.05, 3.63) is 45.6 Å². The van der Waals surface area contributed by atoms with Gasteiger partial charge in [0.1, 0.15) is 0 Å². The Morgan fingerprint density at radius 3 is 2.33 bits per heavy atom. The minimum Gasteiger partial charge on any atom is -1.00 e. The van der Waals surface area contributed by atoms with Crippen LogP contribution in [0.4, 0.5) is 0 Å². The van der Waals surface area contributed by atoms with Crippen LogP contribution in [0, 0.1) is 0 Å². The van der Waals surface area contributed by atoms with Gasteiger partial charge in [0, 0.05) is 0 Å². The summed E-state index contributed by atoms with van der Waals surface area (Å²) in [6.45, 7) is 8.27. The van der Waals surface area contributed by atoms with Crippen LogP contribution in [0.25, 0.3) is 0 Å². The Morgan fingerprint density at radius 1 is 1.19 bits per heavy atom. The number of allylic oxidation sites excluding steroid dienone is 5. The van der Waals surface area contributed by atoms with Crippen molar-refractivity contribution in [1.82, 2.24) is 0 Å². The molecule has 5 heteroatoms. The van der Waals surface area contributed by atoms with Crippen LogP contribution < -0.4 is 24.8 Å². The minimum atomic E-state index is -0.668. The van der Waals surface area contributed by atoms with Gasteiger partial charge in [-0.3, -0.25) is 0 Å². The van der Waals surface area contributed by atoms with Gasteiger partial charge in [-0.05, 0) is 0 Å². The molecule has 21 heavy (non-hydrogen) atoms. The molecule has 0 N–H and O–H groups in total. The second-order valence-electron chi connectivity index (χ2n) is 6.00. The van der Waals surface area contributed by atoms with Gasteiger partial charge in [-0.2, -0.15) is 0 Å². The SMILES string of the molecule is CC1=CC=CCC1(OC1=[C]([Ti+2])CC=C1)OC(C)(C)C.[Cl-].[Cl-]. The number of hydrogen-bond acceptors (Lipinski definition) is 2. The Morgan fingerprint density at radius 2 is 1.86 bits per heavy atom. The fraction of sp³-hybridized carbons (Fsp3) is 0.500. The Balaban J connectivity index is 0.00000200. The second-order valence-corrected chi connectivity index (χ2v) is 6.94. The zero-order chi connectivity index (χ0) is 14.1. The third-order valence-electron chi connectivity index (χ3n) is 3.10. The normalized spacial score (nSPS) is 24.4. The molecule has 2 rings (SSSR count). The average molecular weight is 364 g/mol. The Bertz CT molecular complexity index is 487. The average Bonchev–Trinajstić information content (AvgIpc) is 2.67. The molecule has 0 amide bonds. The van der Waals surface area contributed by atoms with E-state index >= 15 is 0 Å². The van der Waals surface area contributed by atoms with Crippen LogP contribution in [0.2, 0.25) is 0 Å². The summed E-state index contributed by atoms with van der Waals surface area (Å²) in [6.07, 6.45) is 12.1. The Kier molecular flexibility index (Phi) is 8.04. The van der Waals surface area contributed by atoms with Gasteiger partial charge in [0.15, 0.2) is 0 Å². The molecule has 0 saturated carbocycles. The molecule has 2 nitrogen and oxygen atoms in total. The summed E-state index contributed by atoms with van der Waals surface area (Å²) in [5.74, 6) is 0.283. The van der Waals surface area contributed by atoms with Crippen LogP contribution in [-0.2, 0) is 29.9 Å². The molecule has 0 heterocycles. The molecule has 0 bridgehead atoms. The molecule has 0 radical (unpaired) electrons. The zero-order valence-corrected chi connectivity index (χ0v) is 15.9. The van der Waals surface area contributed by atoms with Crippen molar-refractivity contribution in [2.75, 3.05) is 0 Å². The molecule has 1 unspecified atom stereocenters. The van der Waals surface area contributed by atoms with Crippen molar-refractivity contribution in [2.24, 2.45) is 0 Å². The Labute approximate surface area is 152 Å². The van der Waals surface area contributed by atoms with Crippen molar-refractivity contribution in [2.45, 2.75) is 51.9 Å². The van der Waals surface area contributed by atoms with Crippen LogP contribution in [0.15, 0.2) is 45.6 Å². The van der Waals surface area contributed by atoms with E-state index in [9.17, 15) is 0 Å². The number of rotatable bonds is 3. The van der Waals surface area contributed by atoms with Crippen LogP contribution in [0.1, 0.15) is 40.5 Å². The maximum Gasteiger partial charge on any atom is -1.00 e. The molecule has 0 fully saturated rings. The Hall–Kier alpha value is 0.0143. The van der Waals surface area contributed by atoms with Crippen LogP contribution in [-0.4, -0.2) is 11.4 Å². The smallest absolute Gasteiger partial charge is 1.00 e. The molecule has 0 aliphatic heterocycles. The van der Waals surface area contributed by atoms with Crippen molar-refractivity contribution < 1.29 is 54.7 Å². The topological polar surface area (TPSA) is 18.5 Å². The van der Waals surface area contributed by atoms with Crippen LogP contribution in [0.5, 0.6) is 0 Å². The molecular weight excluding hydrogens is 343 g/mol. The molecule has 0 aromatic heterocycles. The van der Waals surface area contributed by atoms with E-state index in [0.717, 1.165) is 24.2 Å². The van der Waals surface area contributed by atoms with E-state index in [4.69, 9.17) is 9.47 Å². The molecule has 2 aliphatic rings. The summed E-state index contributed by atoms with van der Waals surface area (Å²) in [5.41, 5.74) is 0.863. The second kappa shape index (κ2) is 8.03. The van der Waals surface area contributed by atoms with Crippen molar-refractivity contribution >= 4 is 0 Å². The summed E-state index contributed by atoms with van der Waals surface area (Å²) < 4.78 is 13.8. The van der Waals surface area contributed by atoms with Gasteiger partial charge in [0.25, 0.3) is 0 Å². The summed E-state index contributed by atoms with van der Waals surface area (Å²) in [5, 5.41) is 0. The fourth-order valence-corrected chi connectivity index (χ4v) is 2.64. The maximum absolute atomic E-state index is 6.29. The molecule has 0 aromatic carbocycles. The van der Waals surface area contributed by atoms with Crippen LogP contribution >= 0.6 is 0 Å². The molecule has 0 spiro atoms. The monoisotopic (exact) mass is 363 g/mol. The van der Waals surface area contributed by atoms with Crippen molar-refractivity contribution in [3.63, 3.8) is 0 Å². The van der Waals surface area contributed by atoms with E-state index in [1.807, 2.05) is 0 Å². The first kappa shape index (κ1) is 21.0. The van der Waals surface area contributed by atoms with Gasteiger partial charge >= 0.3 is 127 Å². The van der Waals surface area contributed by atoms with Gasteiger partial charge < -0.3 is 24.8 Å². The van der Waals surface area contributed by atoms with Gasteiger partial charge in [-0.1, -0.05) is 0 Å². The third-order valence-corrected chi connectivity index (χ3v) is 3.81. The van der Waals surface area contributed by atoms with Crippen molar-refractivity contribution in [3.8, 4) is 0 Å². The van der Waals surface area contributed by atoms with E-state index in [-0.39, 0.29) is 30.4 Å².